The minimum Gasteiger partial charge on any atom is -0.497 e. The van der Waals surface area contributed by atoms with Crippen LogP contribution in [-0.4, -0.2) is 37.8 Å². The molecule has 5 heteroatoms. The maximum Gasteiger partial charge on any atom is 0.315 e. The van der Waals surface area contributed by atoms with Gasteiger partial charge in [-0.2, -0.15) is 0 Å². The van der Waals surface area contributed by atoms with Crippen LogP contribution in [0, 0.1) is 0 Å². The van der Waals surface area contributed by atoms with Gasteiger partial charge in [-0.25, -0.2) is 0 Å². The molecule has 21 heavy (non-hydrogen) atoms. The molecule has 0 heterocycles. The van der Waals surface area contributed by atoms with E-state index >= 15 is 0 Å². The third kappa shape index (κ3) is 7.78. The summed E-state index contributed by atoms with van der Waals surface area (Å²) in [7, 11) is 1.64. The van der Waals surface area contributed by atoms with E-state index in [1.165, 1.54) is 11.8 Å². The van der Waals surface area contributed by atoms with Gasteiger partial charge in [-0.1, -0.05) is 18.7 Å². The van der Waals surface area contributed by atoms with Gasteiger partial charge in [0.25, 0.3) is 0 Å². The van der Waals surface area contributed by atoms with E-state index in [0.29, 0.717) is 31.3 Å². The Labute approximate surface area is 130 Å². The van der Waals surface area contributed by atoms with Crippen LogP contribution in [0.1, 0.15) is 12.5 Å². The van der Waals surface area contributed by atoms with E-state index in [9.17, 15) is 4.79 Å². The molecule has 0 radical (unpaired) electrons. The number of carbonyl (C=O) groups is 1. The highest BCUT2D eigenvalue weighted by atomic mass is 32.2. The van der Waals surface area contributed by atoms with Crippen molar-refractivity contribution in [2.24, 2.45) is 0 Å². The summed E-state index contributed by atoms with van der Waals surface area (Å²) in [4.78, 5) is 11.2. The van der Waals surface area contributed by atoms with Crippen molar-refractivity contribution in [1.29, 1.82) is 0 Å². The summed E-state index contributed by atoms with van der Waals surface area (Å²) < 4.78 is 15.5. The van der Waals surface area contributed by atoms with Crippen molar-refractivity contribution in [3.63, 3.8) is 0 Å². The standard InChI is InChI=1S/C16H22O4S/c1-4-20-16(17)12-21-11-13(2)9-19-10-14-5-7-15(18-3)8-6-14/h5-8H,2,4,9-12H2,1,3H3. The van der Waals surface area contributed by atoms with Crippen LogP contribution in [0.25, 0.3) is 0 Å². The number of hydrogen-bond donors (Lipinski definition) is 0. The fourth-order valence-electron chi connectivity index (χ4n) is 1.56. The molecule has 0 saturated heterocycles. The Hall–Kier alpha value is -1.46. The number of hydrogen-bond acceptors (Lipinski definition) is 5. The lowest BCUT2D eigenvalue weighted by molar-refractivity contribution is -0.139. The molecular weight excluding hydrogens is 288 g/mol. The number of thioether (sulfide) groups is 1. The van der Waals surface area contributed by atoms with Gasteiger partial charge in [0.15, 0.2) is 0 Å². The van der Waals surface area contributed by atoms with Gasteiger partial charge in [0.1, 0.15) is 5.75 Å². The second kappa shape index (κ2) is 10.3. The Morgan fingerprint density at radius 3 is 2.57 bits per heavy atom. The second-order valence-corrected chi connectivity index (χ2v) is 5.37. The van der Waals surface area contributed by atoms with Gasteiger partial charge >= 0.3 is 5.97 Å². The largest absolute Gasteiger partial charge is 0.497 e. The molecular formula is C16H22O4S. The molecule has 0 atom stereocenters. The van der Waals surface area contributed by atoms with E-state index in [4.69, 9.17) is 14.2 Å². The van der Waals surface area contributed by atoms with Crippen molar-refractivity contribution in [3.8, 4) is 5.75 Å². The van der Waals surface area contributed by atoms with Crippen LogP contribution in [0.5, 0.6) is 5.75 Å². The highest BCUT2D eigenvalue weighted by molar-refractivity contribution is 8.00. The lowest BCUT2D eigenvalue weighted by Gasteiger charge is -2.08. The molecule has 0 aliphatic rings. The fourth-order valence-corrected chi connectivity index (χ4v) is 2.28. The van der Waals surface area contributed by atoms with Gasteiger partial charge in [0.2, 0.25) is 0 Å². The minimum atomic E-state index is -0.186. The third-order valence-corrected chi connectivity index (χ3v) is 3.62. The van der Waals surface area contributed by atoms with Crippen molar-refractivity contribution in [2.75, 3.05) is 31.8 Å². The summed E-state index contributed by atoms with van der Waals surface area (Å²) in [6.07, 6.45) is 0. The van der Waals surface area contributed by atoms with Crippen LogP contribution in [0.4, 0.5) is 0 Å². The number of benzene rings is 1. The number of ether oxygens (including phenoxy) is 3. The number of methoxy groups -OCH3 is 1. The molecule has 0 N–H and O–H groups in total. The van der Waals surface area contributed by atoms with Crippen molar-refractivity contribution in [3.05, 3.63) is 42.0 Å². The first-order valence-corrected chi connectivity index (χ1v) is 7.91. The van der Waals surface area contributed by atoms with Crippen LogP contribution in [-0.2, 0) is 20.9 Å². The first-order chi connectivity index (χ1) is 10.2. The quantitative estimate of drug-likeness (QED) is 0.491. The Kier molecular flexibility index (Phi) is 8.62. The molecule has 0 unspecified atom stereocenters. The van der Waals surface area contributed by atoms with E-state index in [-0.39, 0.29) is 5.97 Å². The Bertz CT molecular complexity index is 442. The molecule has 0 fully saturated rings. The van der Waals surface area contributed by atoms with Gasteiger partial charge in [0.05, 0.1) is 32.7 Å². The summed E-state index contributed by atoms with van der Waals surface area (Å²) in [5.41, 5.74) is 2.04. The molecule has 0 aromatic heterocycles. The molecule has 0 aliphatic heterocycles. The first-order valence-electron chi connectivity index (χ1n) is 6.76. The van der Waals surface area contributed by atoms with Crippen molar-refractivity contribution in [2.45, 2.75) is 13.5 Å². The summed E-state index contributed by atoms with van der Waals surface area (Å²) in [5, 5.41) is 0. The summed E-state index contributed by atoms with van der Waals surface area (Å²) >= 11 is 1.49. The fraction of sp³-hybridized carbons (Fsp3) is 0.438. The van der Waals surface area contributed by atoms with Crippen LogP contribution >= 0.6 is 11.8 Å². The highest BCUT2D eigenvalue weighted by Crippen LogP contribution is 2.13. The van der Waals surface area contributed by atoms with Crippen LogP contribution in [0.2, 0.25) is 0 Å². The van der Waals surface area contributed by atoms with Crippen molar-refractivity contribution >= 4 is 17.7 Å². The highest BCUT2D eigenvalue weighted by Gasteiger charge is 2.03. The van der Waals surface area contributed by atoms with Gasteiger partial charge < -0.3 is 14.2 Å². The molecule has 0 spiro atoms. The maximum absolute atomic E-state index is 11.2. The molecule has 1 aromatic carbocycles. The van der Waals surface area contributed by atoms with E-state index in [1.807, 2.05) is 24.3 Å². The van der Waals surface area contributed by atoms with Crippen LogP contribution < -0.4 is 4.74 Å². The van der Waals surface area contributed by atoms with E-state index < -0.39 is 0 Å². The topological polar surface area (TPSA) is 44.8 Å². The summed E-state index contributed by atoms with van der Waals surface area (Å²) in [6, 6.07) is 7.75. The Morgan fingerprint density at radius 2 is 1.95 bits per heavy atom. The van der Waals surface area contributed by atoms with Gasteiger partial charge in [-0.05, 0) is 30.2 Å². The Morgan fingerprint density at radius 1 is 1.24 bits per heavy atom. The molecule has 1 rings (SSSR count). The predicted octanol–water partition coefficient (Wildman–Crippen LogP) is 3.06. The molecule has 0 aliphatic carbocycles. The number of rotatable bonds is 10. The van der Waals surface area contributed by atoms with E-state index in [0.717, 1.165) is 16.9 Å². The van der Waals surface area contributed by atoms with Gasteiger partial charge in [-0.3, -0.25) is 4.79 Å². The van der Waals surface area contributed by atoms with Crippen LogP contribution in [0.15, 0.2) is 36.4 Å². The second-order valence-electron chi connectivity index (χ2n) is 4.39. The lowest BCUT2D eigenvalue weighted by Crippen LogP contribution is -2.08. The maximum atomic E-state index is 11.2. The van der Waals surface area contributed by atoms with E-state index in [2.05, 4.69) is 6.58 Å². The van der Waals surface area contributed by atoms with Crippen molar-refractivity contribution in [1.82, 2.24) is 0 Å². The molecule has 0 amide bonds. The molecule has 0 saturated carbocycles. The summed E-state index contributed by atoms with van der Waals surface area (Å²) in [5.74, 6) is 1.69. The average Bonchev–Trinajstić information content (AvgIpc) is 2.48. The minimum absolute atomic E-state index is 0.186. The average molecular weight is 310 g/mol. The Balaban J connectivity index is 2.13. The smallest absolute Gasteiger partial charge is 0.315 e. The van der Waals surface area contributed by atoms with Gasteiger partial charge in [0, 0.05) is 5.75 Å². The molecule has 116 valence electrons. The predicted molar refractivity (Wildman–Crippen MR) is 85.7 cm³/mol. The zero-order valence-corrected chi connectivity index (χ0v) is 13.4. The SMILES string of the molecule is C=C(COCc1ccc(OC)cc1)CSCC(=O)OCC. The molecule has 0 bridgehead atoms. The monoisotopic (exact) mass is 310 g/mol. The van der Waals surface area contributed by atoms with E-state index in [1.54, 1.807) is 14.0 Å². The third-order valence-electron chi connectivity index (χ3n) is 2.57. The lowest BCUT2D eigenvalue weighted by atomic mass is 10.2. The first kappa shape index (κ1) is 17.6. The summed E-state index contributed by atoms with van der Waals surface area (Å²) in [6.45, 7) is 7.18. The van der Waals surface area contributed by atoms with Crippen molar-refractivity contribution < 1.29 is 19.0 Å². The zero-order valence-electron chi connectivity index (χ0n) is 12.6. The normalized spacial score (nSPS) is 10.2. The number of carbonyl (C=O) groups excluding carboxylic acids is 1. The van der Waals surface area contributed by atoms with Crippen LogP contribution in [0.3, 0.4) is 0 Å². The van der Waals surface area contributed by atoms with Gasteiger partial charge in [-0.15, -0.1) is 11.8 Å². The molecule has 4 nitrogen and oxygen atoms in total. The number of esters is 1. The zero-order chi connectivity index (χ0) is 15.5. The molecule has 1 aromatic rings.